The number of ketones is 1. The van der Waals surface area contributed by atoms with Gasteiger partial charge in [-0.2, -0.15) is 0 Å². The second-order valence-electron chi connectivity index (χ2n) is 10.5. The summed E-state index contributed by atoms with van der Waals surface area (Å²) in [5.74, 6) is -0.211. The molecule has 3 aromatic rings. The lowest BCUT2D eigenvalue weighted by Crippen LogP contribution is -2.43. The SMILES string of the molecule is CC[C@@]1(O)C(=O)CCc2c1cc1n(c2=O)Cc2c-1nc1c(C)c3c(c(C)c1c2CN(C)C)COC3. The van der Waals surface area contributed by atoms with Crippen LogP contribution in [0.25, 0.3) is 22.3 Å². The largest absolute Gasteiger partial charge is 0.377 e. The van der Waals surface area contributed by atoms with Gasteiger partial charge in [0, 0.05) is 35.0 Å². The number of fused-ring (bicyclic) bond motifs is 6. The van der Waals surface area contributed by atoms with Crippen LogP contribution in [-0.2, 0) is 47.9 Å². The number of carbonyl (C=O) groups excluding carboxylic acids is 1. The Morgan fingerprint density at radius 2 is 1.80 bits per heavy atom. The van der Waals surface area contributed by atoms with Crippen LogP contribution < -0.4 is 5.56 Å². The average Bonchev–Trinajstić information content (AvgIpc) is 3.46. The van der Waals surface area contributed by atoms with E-state index >= 15 is 0 Å². The third kappa shape index (κ3) is 2.92. The number of rotatable bonds is 3. The highest BCUT2D eigenvalue weighted by Crippen LogP contribution is 2.43. The molecule has 1 N–H and O–H groups in total. The first-order valence-corrected chi connectivity index (χ1v) is 12.4. The Balaban J connectivity index is 1.70. The quantitative estimate of drug-likeness (QED) is 0.492. The maximum atomic E-state index is 13.7. The normalized spacial score (nSPS) is 20.4. The first kappa shape index (κ1) is 22.6. The summed E-state index contributed by atoms with van der Waals surface area (Å²) in [6, 6.07) is 1.86. The molecule has 7 nitrogen and oxygen atoms in total. The molecule has 1 atom stereocenters. The highest BCUT2D eigenvalue weighted by Gasteiger charge is 2.43. The van der Waals surface area contributed by atoms with E-state index in [0.717, 1.165) is 34.3 Å². The molecule has 1 aliphatic carbocycles. The van der Waals surface area contributed by atoms with Crippen LogP contribution in [0.15, 0.2) is 10.9 Å². The minimum absolute atomic E-state index is 0.112. The summed E-state index contributed by atoms with van der Waals surface area (Å²) in [5.41, 5.74) is 8.77. The van der Waals surface area contributed by atoms with E-state index in [1.54, 1.807) is 11.5 Å². The Morgan fingerprint density at radius 1 is 1.09 bits per heavy atom. The molecule has 0 bridgehead atoms. The molecule has 4 heterocycles. The molecule has 0 radical (unpaired) electrons. The van der Waals surface area contributed by atoms with Gasteiger partial charge in [0.05, 0.1) is 36.7 Å². The fourth-order valence-electron chi connectivity index (χ4n) is 6.41. The molecule has 0 fully saturated rings. The number of carbonyl (C=O) groups is 1. The summed E-state index contributed by atoms with van der Waals surface area (Å²) in [6.45, 7) is 8.44. The van der Waals surface area contributed by atoms with E-state index in [1.807, 2.05) is 6.07 Å². The van der Waals surface area contributed by atoms with Crippen molar-refractivity contribution in [1.82, 2.24) is 14.5 Å². The minimum atomic E-state index is -1.61. The average molecular weight is 474 g/mol. The molecule has 0 spiro atoms. The van der Waals surface area contributed by atoms with Crippen molar-refractivity contribution in [2.75, 3.05) is 14.1 Å². The number of aryl methyl sites for hydroxylation is 2. The number of hydrogen-bond donors (Lipinski definition) is 1. The zero-order chi connectivity index (χ0) is 24.8. The van der Waals surface area contributed by atoms with Crippen LogP contribution in [0.3, 0.4) is 0 Å². The molecule has 2 aromatic heterocycles. The number of Topliss-reactive ketones (excluding diaryl/α,β-unsaturated/α-hetero) is 1. The van der Waals surface area contributed by atoms with E-state index in [1.165, 1.54) is 22.3 Å². The van der Waals surface area contributed by atoms with Crippen molar-refractivity contribution < 1.29 is 14.6 Å². The lowest BCUT2D eigenvalue weighted by atomic mass is 9.77. The van der Waals surface area contributed by atoms with Crippen LogP contribution >= 0.6 is 0 Å². The van der Waals surface area contributed by atoms with Crippen LogP contribution in [-0.4, -0.2) is 39.4 Å². The van der Waals surface area contributed by atoms with Gasteiger partial charge in [0.2, 0.25) is 0 Å². The van der Waals surface area contributed by atoms with Crippen molar-refractivity contribution in [1.29, 1.82) is 0 Å². The Bertz CT molecular complexity index is 1520. The van der Waals surface area contributed by atoms with E-state index in [-0.39, 0.29) is 24.2 Å². The number of pyridine rings is 2. The third-order valence-electron chi connectivity index (χ3n) is 8.36. The molecule has 1 aromatic carbocycles. The van der Waals surface area contributed by atoms with Gasteiger partial charge in [-0.1, -0.05) is 6.92 Å². The van der Waals surface area contributed by atoms with Crippen LogP contribution in [0.2, 0.25) is 0 Å². The van der Waals surface area contributed by atoms with Crippen LogP contribution in [0.1, 0.15) is 64.3 Å². The lowest BCUT2D eigenvalue weighted by molar-refractivity contribution is -0.140. The highest BCUT2D eigenvalue weighted by atomic mass is 16.5. The summed E-state index contributed by atoms with van der Waals surface area (Å²) in [5, 5.41) is 12.5. The Kier molecular flexibility index (Phi) is 4.88. The van der Waals surface area contributed by atoms with Gasteiger partial charge in [0.1, 0.15) is 5.60 Å². The van der Waals surface area contributed by atoms with E-state index in [4.69, 9.17) is 9.72 Å². The molecule has 0 saturated carbocycles. The molecule has 7 heteroatoms. The zero-order valence-corrected chi connectivity index (χ0v) is 21.0. The summed E-state index contributed by atoms with van der Waals surface area (Å²) in [4.78, 5) is 33.7. The molecule has 3 aliphatic rings. The number of ether oxygens (including phenoxy) is 1. The monoisotopic (exact) mass is 473 g/mol. The van der Waals surface area contributed by atoms with Gasteiger partial charge in [0.15, 0.2) is 5.78 Å². The first-order valence-electron chi connectivity index (χ1n) is 12.4. The van der Waals surface area contributed by atoms with E-state index in [9.17, 15) is 14.7 Å². The van der Waals surface area contributed by atoms with Gasteiger partial charge in [0.25, 0.3) is 5.56 Å². The molecule has 6 rings (SSSR count). The third-order valence-corrected chi connectivity index (χ3v) is 8.36. The van der Waals surface area contributed by atoms with E-state index < -0.39 is 5.60 Å². The van der Waals surface area contributed by atoms with Gasteiger partial charge in [-0.05, 0) is 74.7 Å². The standard InChI is InChI=1S/C28H31N3O4/c1-6-28(34)21-9-22-26-18(11-31(22)27(33)16(21)7-8-23(28)32)17(10-30(4)5)24-14(2)19-12-35-13-20(19)15(3)25(24)29-26/h9,34H,6-8,10-13H2,1-5H3/t28-/m0/s1. The summed E-state index contributed by atoms with van der Waals surface area (Å²) < 4.78 is 7.60. The summed E-state index contributed by atoms with van der Waals surface area (Å²) >= 11 is 0. The van der Waals surface area contributed by atoms with Crippen molar-refractivity contribution in [3.05, 3.63) is 60.9 Å². The van der Waals surface area contributed by atoms with Crippen molar-refractivity contribution >= 4 is 16.7 Å². The Hall–Kier alpha value is -2.87. The predicted octanol–water partition coefficient (Wildman–Crippen LogP) is 3.25. The first-order chi connectivity index (χ1) is 16.7. The number of aliphatic hydroxyl groups is 1. The maximum Gasteiger partial charge on any atom is 0.254 e. The number of benzene rings is 1. The van der Waals surface area contributed by atoms with Crippen molar-refractivity contribution in [3.63, 3.8) is 0 Å². The molecule has 0 unspecified atom stereocenters. The number of hydrogen-bond acceptors (Lipinski definition) is 6. The molecular weight excluding hydrogens is 442 g/mol. The molecule has 0 saturated heterocycles. The fourth-order valence-corrected chi connectivity index (χ4v) is 6.41. The van der Waals surface area contributed by atoms with Gasteiger partial charge in [-0.15, -0.1) is 0 Å². The smallest absolute Gasteiger partial charge is 0.254 e. The van der Waals surface area contributed by atoms with Crippen LogP contribution in [0, 0.1) is 13.8 Å². The Morgan fingerprint density at radius 3 is 2.49 bits per heavy atom. The molecule has 2 aliphatic heterocycles. The zero-order valence-electron chi connectivity index (χ0n) is 21.0. The molecular formula is C28H31N3O4. The van der Waals surface area contributed by atoms with Crippen LogP contribution in [0.5, 0.6) is 0 Å². The minimum Gasteiger partial charge on any atom is -0.377 e. The van der Waals surface area contributed by atoms with E-state index in [0.29, 0.717) is 43.0 Å². The molecule has 35 heavy (non-hydrogen) atoms. The number of aromatic nitrogens is 2. The van der Waals surface area contributed by atoms with Crippen molar-refractivity contribution in [2.24, 2.45) is 0 Å². The second kappa shape index (κ2) is 7.56. The number of nitrogens with zero attached hydrogens (tertiary/aromatic N) is 3. The molecule has 182 valence electrons. The summed E-state index contributed by atoms with van der Waals surface area (Å²) in [6.07, 6.45) is 0.811. The predicted molar refractivity (Wildman–Crippen MR) is 133 cm³/mol. The van der Waals surface area contributed by atoms with Gasteiger partial charge in [-0.3, -0.25) is 9.59 Å². The van der Waals surface area contributed by atoms with Crippen LogP contribution in [0.4, 0.5) is 0 Å². The summed E-state index contributed by atoms with van der Waals surface area (Å²) in [7, 11) is 4.11. The van der Waals surface area contributed by atoms with E-state index in [2.05, 4.69) is 32.8 Å². The topological polar surface area (TPSA) is 84.7 Å². The second-order valence-corrected chi connectivity index (χ2v) is 10.5. The van der Waals surface area contributed by atoms with Gasteiger partial charge < -0.3 is 19.3 Å². The van der Waals surface area contributed by atoms with Gasteiger partial charge >= 0.3 is 0 Å². The maximum absolute atomic E-state index is 13.7. The van der Waals surface area contributed by atoms with Gasteiger partial charge in [-0.25, -0.2) is 4.98 Å². The van der Waals surface area contributed by atoms with Crippen molar-refractivity contribution in [2.45, 2.75) is 71.9 Å². The van der Waals surface area contributed by atoms with Crippen molar-refractivity contribution in [3.8, 4) is 11.4 Å². The fraction of sp³-hybridized carbons (Fsp3) is 0.464. The highest BCUT2D eigenvalue weighted by molar-refractivity contribution is 5.95. The lowest BCUT2D eigenvalue weighted by Gasteiger charge is -2.32. The molecule has 0 amide bonds. The Labute approximate surface area is 204 Å².